The maximum absolute atomic E-state index is 9.46. The summed E-state index contributed by atoms with van der Waals surface area (Å²) >= 11 is 0. The Morgan fingerprint density at radius 3 is 2.06 bits per heavy atom. The fourth-order valence-corrected chi connectivity index (χ4v) is 1.81. The minimum atomic E-state index is -0.290. The van der Waals surface area contributed by atoms with E-state index in [1.807, 2.05) is 18.2 Å². The molecule has 0 bridgehead atoms. The number of hydrogen-bond donors (Lipinski definition) is 1. The van der Waals surface area contributed by atoms with E-state index < -0.39 is 0 Å². The SMILES string of the molecule is COc1cc(OC)cc(C2(CO)COC2)c1. The molecule has 0 unspecified atom stereocenters. The van der Waals surface area contributed by atoms with E-state index in [1.165, 1.54) is 0 Å². The molecule has 0 radical (unpaired) electrons. The molecule has 4 heteroatoms. The van der Waals surface area contributed by atoms with Crippen LogP contribution in [0.4, 0.5) is 0 Å². The van der Waals surface area contributed by atoms with Gasteiger partial charge in [0.1, 0.15) is 11.5 Å². The van der Waals surface area contributed by atoms with Crippen molar-refractivity contribution >= 4 is 0 Å². The molecule has 0 spiro atoms. The molecule has 4 nitrogen and oxygen atoms in total. The first-order chi connectivity index (χ1) is 7.74. The van der Waals surface area contributed by atoms with E-state index in [1.54, 1.807) is 14.2 Å². The molecule has 1 aromatic rings. The molecule has 0 aromatic heterocycles. The van der Waals surface area contributed by atoms with Crippen LogP contribution in [-0.2, 0) is 10.2 Å². The largest absolute Gasteiger partial charge is 0.497 e. The normalized spacial score (nSPS) is 17.7. The van der Waals surface area contributed by atoms with Gasteiger partial charge in [0.25, 0.3) is 0 Å². The third-order valence-electron chi connectivity index (χ3n) is 3.02. The summed E-state index contributed by atoms with van der Waals surface area (Å²) in [6.07, 6.45) is 0. The van der Waals surface area contributed by atoms with Crippen molar-refractivity contribution in [1.82, 2.24) is 0 Å². The van der Waals surface area contributed by atoms with Crippen LogP contribution >= 0.6 is 0 Å². The number of aliphatic hydroxyl groups excluding tert-OH is 1. The summed E-state index contributed by atoms with van der Waals surface area (Å²) in [4.78, 5) is 0. The van der Waals surface area contributed by atoms with E-state index in [2.05, 4.69) is 0 Å². The molecule has 1 aliphatic heterocycles. The fourth-order valence-electron chi connectivity index (χ4n) is 1.81. The highest BCUT2D eigenvalue weighted by atomic mass is 16.5. The Bertz CT molecular complexity index is 344. The van der Waals surface area contributed by atoms with Crippen LogP contribution in [0.5, 0.6) is 11.5 Å². The topological polar surface area (TPSA) is 47.9 Å². The predicted octanol–water partition coefficient (Wildman–Crippen LogP) is 0.964. The summed E-state index contributed by atoms with van der Waals surface area (Å²) in [5.41, 5.74) is 0.708. The van der Waals surface area contributed by atoms with Gasteiger partial charge < -0.3 is 19.3 Å². The first-order valence-corrected chi connectivity index (χ1v) is 5.16. The summed E-state index contributed by atoms with van der Waals surface area (Å²) in [5, 5.41) is 9.46. The van der Waals surface area contributed by atoms with E-state index in [4.69, 9.17) is 14.2 Å². The van der Waals surface area contributed by atoms with Crippen LogP contribution in [0.2, 0.25) is 0 Å². The van der Waals surface area contributed by atoms with Crippen molar-refractivity contribution in [2.24, 2.45) is 0 Å². The van der Waals surface area contributed by atoms with E-state index >= 15 is 0 Å². The molecule has 1 fully saturated rings. The Balaban J connectivity index is 2.39. The molecule has 16 heavy (non-hydrogen) atoms. The van der Waals surface area contributed by atoms with Gasteiger partial charge in [-0.3, -0.25) is 0 Å². The van der Waals surface area contributed by atoms with Crippen molar-refractivity contribution in [3.05, 3.63) is 23.8 Å². The number of aliphatic hydroxyl groups is 1. The van der Waals surface area contributed by atoms with Gasteiger partial charge in [-0.2, -0.15) is 0 Å². The fraction of sp³-hybridized carbons (Fsp3) is 0.500. The minimum absolute atomic E-state index is 0.0727. The van der Waals surface area contributed by atoms with E-state index in [0.717, 1.165) is 17.1 Å². The van der Waals surface area contributed by atoms with Crippen LogP contribution in [-0.4, -0.2) is 39.1 Å². The van der Waals surface area contributed by atoms with Crippen molar-refractivity contribution in [3.63, 3.8) is 0 Å². The third-order valence-corrected chi connectivity index (χ3v) is 3.02. The first-order valence-electron chi connectivity index (χ1n) is 5.16. The number of ether oxygens (including phenoxy) is 3. The van der Waals surface area contributed by atoms with Gasteiger partial charge in [0.2, 0.25) is 0 Å². The quantitative estimate of drug-likeness (QED) is 0.827. The second-order valence-electron chi connectivity index (χ2n) is 4.03. The number of rotatable bonds is 4. The Kier molecular flexibility index (Phi) is 3.03. The predicted molar refractivity (Wildman–Crippen MR) is 59.1 cm³/mol. The smallest absolute Gasteiger partial charge is 0.122 e. The van der Waals surface area contributed by atoms with Gasteiger partial charge in [-0.05, 0) is 17.7 Å². The molecule has 0 aliphatic carbocycles. The molecule has 88 valence electrons. The van der Waals surface area contributed by atoms with Crippen molar-refractivity contribution < 1.29 is 19.3 Å². The molecule has 0 amide bonds. The zero-order chi connectivity index (χ0) is 11.6. The first kappa shape index (κ1) is 11.2. The lowest BCUT2D eigenvalue weighted by Gasteiger charge is -2.40. The summed E-state index contributed by atoms with van der Waals surface area (Å²) in [6, 6.07) is 5.65. The van der Waals surface area contributed by atoms with Crippen molar-refractivity contribution in [2.75, 3.05) is 34.0 Å². The molecule has 1 aromatic carbocycles. The highest BCUT2D eigenvalue weighted by Gasteiger charge is 2.40. The Hall–Kier alpha value is -1.26. The summed E-state index contributed by atoms with van der Waals surface area (Å²) in [7, 11) is 3.23. The second kappa shape index (κ2) is 4.31. The lowest BCUT2D eigenvalue weighted by Crippen LogP contribution is -2.49. The van der Waals surface area contributed by atoms with Gasteiger partial charge in [0.15, 0.2) is 0 Å². The summed E-state index contributed by atoms with van der Waals surface area (Å²) < 4.78 is 15.6. The Morgan fingerprint density at radius 1 is 1.19 bits per heavy atom. The molecular formula is C12H16O4. The van der Waals surface area contributed by atoms with Crippen LogP contribution in [0.15, 0.2) is 18.2 Å². The molecule has 1 heterocycles. The lowest BCUT2D eigenvalue weighted by molar-refractivity contribution is -0.0842. The van der Waals surface area contributed by atoms with E-state index in [9.17, 15) is 5.11 Å². The summed E-state index contributed by atoms with van der Waals surface area (Å²) in [5.74, 6) is 1.46. The van der Waals surface area contributed by atoms with Crippen molar-refractivity contribution in [2.45, 2.75) is 5.41 Å². The Labute approximate surface area is 94.8 Å². The standard InChI is InChI=1S/C12H16O4/c1-14-10-3-9(4-11(5-10)15-2)12(6-13)7-16-8-12/h3-5,13H,6-8H2,1-2H3. The number of hydrogen-bond acceptors (Lipinski definition) is 4. The van der Waals surface area contributed by atoms with Crippen LogP contribution in [0.1, 0.15) is 5.56 Å². The third kappa shape index (κ3) is 1.74. The second-order valence-corrected chi connectivity index (χ2v) is 4.03. The molecule has 1 aliphatic rings. The van der Waals surface area contributed by atoms with Gasteiger partial charge >= 0.3 is 0 Å². The molecule has 1 N–H and O–H groups in total. The van der Waals surface area contributed by atoms with Gasteiger partial charge in [-0.1, -0.05) is 0 Å². The monoisotopic (exact) mass is 224 g/mol. The zero-order valence-corrected chi connectivity index (χ0v) is 9.53. The summed E-state index contributed by atoms with van der Waals surface area (Å²) in [6.45, 7) is 1.16. The zero-order valence-electron chi connectivity index (χ0n) is 9.53. The van der Waals surface area contributed by atoms with Crippen LogP contribution in [0.25, 0.3) is 0 Å². The molecular weight excluding hydrogens is 208 g/mol. The highest BCUT2D eigenvalue weighted by molar-refractivity contribution is 5.43. The lowest BCUT2D eigenvalue weighted by atomic mass is 9.79. The number of methoxy groups -OCH3 is 2. The van der Waals surface area contributed by atoms with Crippen LogP contribution in [0.3, 0.4) is 0 Å². The van der Waals surface area contributed by atoms with Gasteiger partial charge in [0, 0.05) is 6.07 Å². The van der Waals surface area contributed by atoms with Gasteiger partial charge in [-0.25, -0.2) is 0 Å². The molecule has 0 saturated carbocycles. The maximum Gasteiger partial charge on any atom is 0.122 e. The minimum Gasteiger partial charge on any atom is -0.497 e. The van der Waals surface area contributed by atoms with Crippen molar-refractivity contribution in [3.8, 4) is 11.5 Å². The molecule has 0 atom stereocenters. The number of benzene rings is 1. The highest BCUT2D eigenvalue weighted by Crippen LogP contribution is 2.36. The Morgan fingerprint density at radius 2 is 1.75 bits per heavy atom. The average Bonchev–Trinajstić information content (AvgIpc) is 2.28. The average molecular weight is 224 g/mol. The van der Waals surface area contributed by atoms with Gasteiger partial charge in [-0.15, -0.1) is 0 Å². The van der Waals surface area contributed by atoms with Crippen LogP contribution in [0, 0.1) is 0 Å². The van der Waals surface area contributed by atoms with Gasteiger partial charge in [0.05, 0.1) is 39.5 Å². The van der Waals surface area contributed by atoms with E-state index in [-0.39, 0.29) is 12.0 Å². The molecule has 2 rings (SSSR count). The van der Waals surface area contributed by atoms with Crippen LogP contribution < -0.4 is 9.47 Å². The maximum atomic E-state index is 9.46. The van der Waals surface area contributed by atoms with E-state index in [0.29, 0.717) is 13.2 Å². The van der Waals surface area contributed by atoms with Crippen molar-refractivity contribution in [1.29, 1.82) is 0 Å². The molecule has 1 saturated heterocycles.